The highest BCUT2D eigenvalue weighted by Gasteiger charge is 2.26. The molecule has 0 fully saturated rings. The first kappa shape index (κ1) is 23.5. The number of fused-ring (bicyclic) bond motifs is 1. The number of nitrogens with zero attached hydrogens (tertiary/aromatic N) is 3. The lowest BCUT2D eigenvalue weighted by Crippen LogP contribution is -2.41. The molecule has 1 heterocycles. The summed E-state index contributed by atoms with van der Waals surface area (Å²) in [6, 6.07) is 12.6. The zero-order chi connectivity index (χ0) is 23.3. The van der Waals surface area contributed by atoms with Crippen molar-refractivity contribution in [1.82, 2.24) is 14.5 Å². The van der Waals surface area contributed by atoms with Crippen molar-refractivity contribution in [2.45, 2.75) is 46.7 Å². The summed E-state index contributed by atoms with van der Waals surface area (Å²) in [6.07, 6.45) is 0.672. The lowest BCUT2D eigenvalue weighted by atomic mass is 10.1. The van der Waals surface area contributed by atoms with Crippen LogP contribution in [-0.4, -0.2) is 40.7 Å². The summed E-state index contributed by atoms with van der Waals surface area (Å²) in [5.41, 5.74) is 3.35. The van der Waals surface area contributed by atoms with E-state index in [1.807, 2.05) is 64.1 Å². The maximum Gasteiger partial charge on any atom is 0.322 e. The monoisotopic (exact) mass is 436 g/mol. The molecule has 1 aromatic heterocycles. The van der Waals surface area contributed by atoms with Gasteiger partial charge in [-0.25, -0.2) is 9.78 Å². The maximum absolute atomic E-state index is 13.4. The summed E-state index contributed by atoms with van der Waals surface area (Å²) in [5.74, 6) is 0.574. The minimum atomic E-state index is -0.409. The molecule has 0 saturated carbocycles. The molecular formula is C25H32N4O3. The predicted molar refractivity (Wildman–Crippen MR) is 128 cm³/mol. The number of carbonyl (C=O) groups excluding carboxylic acids is 1. The van der Waals surface area contributed by atoms with Gasteiger partial charge in [-0.2, -0.15) is 0 Å². The van der Waals surface area contributed by atoms with E-state index in [9.17, 15) is 9.59 Å². The molecule has 7 heteroatoms. The van der Waals surface area contributed by atoms with E-state index in [-0.39, 0.29) is 11.6 Å². The molecule has 3 rings (SSSR count). The number of hydrogen-bond donors (Lipinski definition) is 1. The highest BCUT2D eigenvalue weighted by Crippen LogP contribution is 2.24. The molecule has 0 aliphatic rings. The summed E-state index contributed by atoms with van der Waals surface area (Å²) in [6.45, 7) is 9.26. The molecule has 0 spiro atoms. The van der Waals surface area contributed by atoms with Crippen LogP contribution in [0.5, 0.6) is 0 Å². The Kier molecular flexibility index (Phi) is 7.64. The molecule has 0 aliphatic carbocycles. The Labute approximate surface area is 189 Å². The van der Waals surface area contributed by atoms with Crippen LogP contribution in [0.4, 0.5) is 10.5 Å². The van der Waals surface area contributed by atoms with Crippen molar-refractivity contribution in [3.8, 4) is 0 Å². The summed E-state index contributed by atoms with van der Waals surface area (Å²) in [5, 5.41) is 3.66. The normalized spacial score (nSPS) is 12.0. The van der Waals surface area contributed by atoms with Crippen molar-refractivity contribution < 1.29 is 9.53 Å². The lowest BCUT2D eigenvalue weighted by molar-refractivity contribution is 0.158. The van der Waals surface area contributed by atoms with E-state index in [1.165, 1.54) is 0 Å². The van der Waals surface area contributed by atoms with Gasteiger partial charge in [0, 0.05) is 32.5 Å². The van der Waals surface area contributed by atoms with Gasteiger partial charge in [0.1, 0.15) is 5.82 Å². The smallest absolute Gasteiger partial charge is 0.322 e. The van der Waals surface area contributed by atoms with Gasteiger partial charge in [0.25, 0.3) is 5.56 Å². The van der Waals surface area contributed by atoms with Crippen molar-refractivity contribution in [2.75, 3.05) is 25.6 Å². The SMILES string of the molecule is CCn1c(C(C)N(CCCOC)C(=O)Nc2c(C)cccc2C)nc2ccccc2c1=O. The molecule has 2 aromatic carbocycles. The van der Waals surface area contributed by atoms with E-state index >= 15 is 0 Å². The van der Waals surface area contributed by atoms with E-state index in [1.54, 1.807) is 22.6 Å². The first-order chi connectivity index (χ1) is 15.4. The zero-order valence-electron chi connectivity index (χ0n) is 19.5. The van der Waals surface area contributed by atoms with Crippen molar-refractivity contribution in [3.63, 3.8) is 0 Å². The van der Waals surface area contributed by atoms with Gasteiger partial charge in [0.05, 0.1) is 16.9 Å². The number of ether oxygens (including phenoxy) is 1. The Morgan fingerprint density at radius 2 is 1.84 bits per heavy atom. The third-order valence-corrected chi connectivity index (χ3v) is 5.77. The molecule has 0 saturated heterocycles. The van der Waals surface area contributed by atoms with Gasteiger partial charge in [-0.3, -0.25) is 9.36 Å². The molecule has 7 nitrogen and oxygen atoms in total. The van der Waals surface area contributed by atoms with Gasteiger partial charge in [-0.05, 0) is 57.4 Å². The molecule has 1 N–H and O–H groups in total. The first-order valence-corrected chi connectivity index (χ1v) is 11.0. The van der Waals surface area contributed by atoms with Crippen molar-refractivity contribution in [2.24, 2.45) is 0 Å². The molecule has 32 heavy (non-hydrogen) atoms. The van der Waals surface area contributed by atoms with E-state index < -0.39 is 6.04 Å². The highest BCUT2D eigenvalue weighted by molar-refractivity contribution is 5.91. The number of aryl methyl sites for hydroxylation is 2. The minimum absolute atomic E-state index is 0.0908. The molecule has 2 amide bonds. The zero-order valence-corrected chi connectivity index (χ0v) is 19.5. The number of urea groups is 1. The summed E-state index contributed by atoms with van der Waals surface area (Å²) < 4.78 is 6.86. The van der Waals surface area contributed by atoms with Gasteiger partial charge in [-0.1, -0.05) is 30.3 Å². The number of hydrogen-bond acceptors (Lipinski definition) is 4. The third kappa shape index (κ3) is 4.83. The van der Waals surface area contributed by atoms with Crippen LogP contribution in [0, 0.1) is 13.8 Å². The van der Waals surface area contributed by atoms with Crippen molar-refractivity contribution in [3.05, 3.63) is 69.8 Å². The van der Waals surface area contributed by atoms with E-state index in [0.29, 0.717) is 42.8 Å². The number of para-hydroxylation sites is 2. The van der Waals surface area contributed by atoms with Crippen LogP contribution in [0.2, 0.25) is 0 Å². The van der Waals surface area contributed by atoms with Gasteiger partial charge in [0.15, 0.2) is 0 Å². The van der Waals surface area contributed by atoms with Crippen molar-refractivity contribution in [1.29, 1.82) is 0 Å². The molecule has 1 atom stereocenters. The molecule has 170 valence electrons. The second kappa shape index (κ2) is 10.4. The fourth-order valence-corrected chi connectivity index (χ4v) is 3.99. The predicted octanol–water partition coefficient (Wildman–Crippen LogP) is 4.66. The maximum atomic E-state index is 13.4. The van der Waals surface area contributed by atoms with Gasteiger partial charge in [0.2, 0.25) is 0 Å². The van der Waals surface area contributed by atoms with Crippen LogP contribution in [0.1, 0.15) is 43.3 Å². The number of carbonyl (C=O) groups is 1. The third-order valence-electron chi connectivity index (χ3n) is 5.77. The van der Waals surface area contributed by atoms with Gasteiger partial charge >= 0.3 is 6.03 Å². The largest absolute Gasteiger partial charge is 0.385 e. The number of methoxy groups -OCH3 is 1. The summed E-state index contributed by atoms with van der Waals surface area (Å²) >= 11 is 0. The number of anilines is 1. The second-order valence-electron chi connectivity index (χ2n) is 7.95. The molecular weight excluding hydrogens is 404 g/mol. The molecule has 1 unspecified atom stereocenters. The van der Waals surface area contributed by atoms with Crippen LogP contribution in [0.15, 0.2) is 47.3 Å². The number of amides is 2. The van der Waals surface area contributed by atoms with Crippen LogP contribution in [0.3, 0.4) is 0 Å². The Morgan fingerprint density at radius 1 is 1.16 bits per heavy atom. The molecule has 0 bridgehead atoms. The van der Waals surface area contributed by atoms with Crippen LogP contribution < -0.4 is 10.9 Å². The Morgan fingerprint density at radius 3 is 2.50 bits per heavy atom. The number of aromatic nitrogens is 2. The topological polar surface area (TPSA) is 76.5 Å². The number of rotatable bonds is 8. The van der Waals surface area contributed by atoms with Crippen molar-refractivity contribution >= 4 is 22.6 Å². The van der Waals surface area contributed by atoms with Crippen LogP contribution in [-0.2, 0) is 11.3 Å². The van der Waals surface area contributed by atoms with Gasteiger partial charge in [-0.15, -0.1) is 0 Å². The quantitative estimate of drug-likeness (QED) is 0.521. The Hall–Kier alpha value is -3.19. The standard InChI is InChI=1S/C25H32N4O3/c1-6-28-23(26-21-14-8-7-13-20(21)24(28)30)19(4)29(15-10-16-32-5)25(31)27-22-17(2)11-9-12-18(22)3/h7-9,11-14,19H,6,10,15-16H2,1-5H3,(H,27,31). The minimum Gasteiger partial charge on any atom is -0.385 e. The molecule has 0 radical (unpaired) electrons. The van der Waals surface area contributed by atoms with E-state index in [2.05, 4.69) is 5.32 Å². The Bertz CT molecular complexity index is 1140. The van der Waals surface area contributed by atoms with E-state index in [4.69, 9.17) is 9.72 Å². The Balaban J connectivity index is 2.01. The summed E-state index contributed by atoms with van der Waals surface area (Å²) in [7, 11) is 1.64. The lowest BCUT2D eigenvalue weighted by Gasteiger charge is -2.31. The average molecular weight is 437 g/mol. The highest BCUT2D eigenvalue weighted by atomic mass is 16.5. The molecule has 0 aliphatic heterocycles. The molecule has 3 aromatic rings. The van der Waals surface area contributed by atoms with Crippen LogP contribution >= 0.6 is 0 Å². The number of nitrogens with one attached hydrogen (secondary N) is 1. The summed E-state index contributed by atoms with van der Waals surface area (Å²) in [4.78, 5) is 33.1. The fraction of sp³-hybridized carbons (Fsp3) is 0.400. The first-order valence-electron chi connectivity index (χ1n) is 11.0. The van der Waals surface area contributed by atoms with E-state index in [0.717, 1.165) is 16.8 Å². The average Bonchev–Trinajstić information content (AvgIpc) is 2.78. The fourth-order valence-electron chi connectivity index (χ4n) is 3.99. The van der Waals surface area contributed by atoms with Gasteiger partial charge < -0.3 is 15.0 Å². The second-order valence-corrected chi connectivity index (χ2v) is 7.95. The van der Waals surface area contributed by atoms with Crippen LogP contribution in [0.25, 0.3) is 10.9 Å². The number of benzene rings is 2.